The van der Waals surface area contributed by atoms with Gasteiger partial charge in [0.15, 0.2) is 4.96 Å². The summed E-state index contributed by atoms with van der Waals surface area (Å²) in [5.74, 6) is 0.874. The van der Waals surface area contributed by atoms with E-state index in [1.54, 1.807) is 18.4 Å². The number of benzene rings is 1. The number of hydrogen-bond donors (Lipinski definition) is 1. The summed E-state index contributed by atoms with van der Waals surface area (Å²) < 4.78 is 7.49. The molecule has 0 atom stereocenters. The molecule has 1 aliphatic rings. The number of ether oxygens (including phenoxy) is 1. The Morgan fingerprint density at radius 1 is 1.22 bits per heavy atom. The van der Waals surface area contributed by atoms with Crippen LogP contribution in [0.5, 0.6) is 5.75 Å². The topological polar surface area (TPSA) is 41.8 Å². The highest BCUT2D eigenvalue weighted by molar-refractivity contribution is 7.15. The molecule has 3 heterocycles. The second-order valence-corrected chi connectivity index (χ2v) is 6.59. The highest BCUT2D eigenvalue weighted by atomic mass is 32.1. The Bertz CT molecular complexity index is 787. The molecule has 0 bridgehead atoms. The van der Waals surface area contributed by atoms with Gasteiger partial charge in [0.2, 0.25) is 0 Å². The summed E-state index contributed by atoms with van der Waals surface area (Å²) >= 11 is 1.68. The normalized spacial score (nSPS) is 16.0. The maximum atomic E-state index is 5.26. The smallest absolute Gasteiger partial charge is 0.194 e. The molecule has 0 amide bonds. The van der Waals surface area contributed by atoms with Crippen molar-refractivity contribution in [3.63, 3.8) is 0 Å². The first-order valence-electron chi connectivity index (χ1n) is 7.87. The number of imidazole rings is 1. The first-order chi connectivity index (χ1) is 11.3. The van der Waals surface area contributed by atoms with Gasteiger partial charge in [0.05, 0.1) is 18.5 Å². The molecule has 4 rings (SSSR count). The fraction of sp³-hybridized carbons (Fsp3) is 0.353. The van der Waals surface area contributed by atoms with Gasteiger partial charge in [0, 0.05) is 49.9 Å². The molecule has 1 fully saturated rings. The lowest BCUT2D eigenvalue weighted by Gasteiger charge is -2.27. The van der Waals surface area contributed by atoms with Crippen molar-refractivity contribution in [3.8, 4) is 17.0 Å². The summed E-state index contributed by atoms with van der Waals surface area (Å²) in [5, 5.41) is 5.51. The van der Waals surface area contributed by atoms with Gasteiger partial charge in [-0.2, -0.15) is 0 Å². The van der Waals surface area contributed by atoms with Gasteiger partial charge < -0.3 is 10.1 Å². The van der Waals surface area contributed by atoms with Crippen molar-refractivity contribution in [2.75, 3.05) is 33.3 Å². The SMILES string of the molecule is COc1ccc(-c2nc3sccn3c2CN2CCNCC2)cc1. The molecule has 120 valence electrons. The van der Waals surface area contributed by atoms with Gasteiger partial charge >= 0.3 is 0 Å². The lowest BCUT2D eigenvalue weighted by molar-refractivity contribution is 0.230. The van der Waals surface area contributed by atoms with Gasteiger partial charge in [-0.25, -0.2) is 4.98 Å². The Labute approximate surface area is 139 Å². The quantitative estimate of drug-likeness (QED) is 0.799. The van der Waals surface area contributed by atoms with Crippen LogP contribution < -0.4 is 10.1 Å². The minimum absolute atomic E-state index is 0.874. The van der Waals surface area contributed by atoms with Crippen molar-refractivity contribution in [2.45, 2.75) is 6.54 Å². The molecule has 0 saturated carbocycles. The zero-order valence-corrected chi connectivity index (χ0v) is 14.0. The van der Waals surface area contributed by atoms with E-state index in [4.69, 9.17) is 9.72 Å². The van der Waals surface area contributed by atoms with Crippen molar-refractivity contribution in [2.24, 2.45) is 0 Å². The average molecular weight is 328 g/mol. The number of rotatable bonds is 4. The van der Waals surface area contributed by atoms with Crippen LogP contribution in [0, 0.1) is 0 Å². The van der Waals surface area contributed by atoms with E-state index < -0.39 is 0 Å². The van der Waals surface area contributed by atoms with Gasteiger partial charge in [0.25, 0.3) is 0 Å². The van der Waals surface area contributed by atoms with E-state index in [0.717, 1.165) is 54.7 Å². The number of piperazine rings is 1. The lowest BCUT2D eigenvalue weighted by atomic mass is 10.1. The largest absolute Gasteiger partial charge is 0.497 e. The third-order valence-electron chi connectivity index (χ3n) is 4.31. The van der Waals surface area contributed by atoms with E-state index in [1.807, 2.05) is 12.1 Å². The van der Waals surface area contributed by atoms with Gasteiger partial charge in [-0.3, -0.25) is 9.30 Å². The minimum Gasteiger partial charge on any atom is -0.497 e. The predicted molar refractivity (Wildman–Crippen MR) is 93.2 cm³/mol. The number of nitrogens with one attached hydrogen (secondary N) is 1. The Morgan fingerprint density at radius 3 is 2.74 bits per heavy atom. The first-order valence-corrected chi connectivity index (χ1v) is 8.75. The maximum Gasteiger partial charge on any atom is 0.194 e. The predicted octanol–water partition coefficient (Wildman–Crippen LogP) is 2.48. The second kappa shape index (κ2) is 6.31. The molecular formula is C17H20N4OS. The van der Waals surface area contributed by atoms with Gasteiger partial charge in [-0.1, -0.05) is 0 Å². The summed E-state index contributed by atoms with van der Waals surface area (Å²) in [6.07, 6.45) is 2.12. The summed E-state index contributed by atoms with van der Waals surface area (Å²) in [7, 11) is 1.69. The van der Waals surface area contributed by atoms with E-state index in [0.29, 0.717) is 0 Å². The van der Waals surface area contributed by atoms with Gasteiger partial charge in [-0.05, 0) is 24.3 Å². The van der Waals surface area contributed by atoms with Gasteiger partial charge in [0.1, 0.15) is 5.75 Å². The van der Waals surface area contributed by atoms with E-state index in [2.05, 4.69) is 38.3 Å². The molecule has 0 aliphatic carbocycles. The van der Waals surface area contributed by atoms with E-state index >= 15 is 0 Å². The molecule has 2 aromatic heterocycles. The van der Waals surface area contributed by atoms with Crippen LogP contribution in [0.25, 0.3) is 16.2 Å². The summed E-state index contributed by atoms with van der Waals surface area (Å²) in [6.45, 7) is 5.21. The minimum atomic E-state index is 0.874. The molecule has 1 aromatic carbocycles. The van der Waals surface area contributed by atoms with Crippen LogP contribution in [0.2, 0.25) is 0 Å². The number of thiazole rings is 1. The number of fused-ring (bicyclic) bond motifs is 1. The van der Waals surface area contributed by atoms with Crippen LogP contribution in [-0.2, 0) is 6.54 Å². The van der Waals surface area contributed by atoms with Crippen molar-refractivity contribution in [1.29, 1.82) is 0 Å². The summed E-state index contributed by atoms with van der Waals surface area (Å²) in [5.41, 5.74) is 3.50. The number of aromatic nitrogens is 2. The third kappa shape index (κ3) is 2.85. The van der Waals surface area contributed by atoms with Crippen molar-refractivity contribution in [1.82, 2.24) is 19.6 Å². The van der Waals surface area contributed by atoms with Gasteiger partial charge in [-0.15, -0.1) is 11.3 Å². The van der Waals surface area contributed by atoms with E-state index in [9.17, 15) is 0 Å². The third-order valence-corrected chi connectivity index (χ3v) is 5.06. The standard InChI is InChI=1S/C17H20N4OS/c1-22-14-4-2-13(3-5-14)16-15(12-20-8-6-18-7-9-20)21-10-11-23-17(21)19-16/h2-5,10-11,18H,6-9,12H2,1H3. The Morgan fingerprint density at radius 2 is 2.00 bits per heavy atom. The maximum absolute atomic E-state index is 5.26. The highest BCUT2D eigenvalue weighted by Gasteiger charge is 2.19. The lowest BCUT2D eigenvalue weighted by Crippen LogP contribution is -2.43. The van der Waals surface area contributed by atoms with Crippen LogP contribution in [-0.4, -0.2) is 47.6 Å². The molecule has 1 saturated heterocycles. The number of methoxy groups -OCH3 is 1. The summed E-state index contributed by atoms with van der Waals surface area (Å²) in [6, 6.07) is 8.17. The Hall–Kier alpha value is -1.89. The van der Waals surface area contributed by atoms with Crippen LogP contribution >= 0.6 is 11.3 Å². The molecular weight excluding hydrogens is 308 g/mol. The fourth-order valence-corrected chi connectivity index (χ4v) is 3.78. The van der Waals surface area contributed by atoms with Crippen LogP contribution in [0.15, 0.2) is 35.8 Å². The molecule has 0 radical (unpaired) electrons. The molecule has 1 aliphatic heterocycles. The number of hydrogen-bond acceptors (Lipinski definition) is 5. The second-order valence-electron chi connectivity index (χ2n) is 5.72. The van der Waals surface area contributed by atoms with Crippen molar-refractivity contribution >= 4 is 16.3 Å². The molecule has 3 aromatic rings. The van der Waals surface area contributed by atoms with Crippen molar-refractivity contribution < 1.29 is 4.74 Å². The molecule has 6 heteroatoms. The van der Waals surface area contributed by atoms with Crippen LogP contribution in [0.3, 0.4) is 0 Å². The van der Waals surface area contributed by atoms with E-state index in [1.165, 1.54) is 5.69 Å². The first kappa shape index (κ1) is 14.7. The Balaban J connectivity index is 1.72. The van der Waals surface area contributed by atoms with Crippen molar-refractivity contribution in [3.05, 3.63) is 41.5 Å². The zero-order valence-electron chi connectivity index (χ0n) is 13.2. The molecule has 23 heavy (non-hydrogen) atoms. The molecule has 5 nitrogen and oxygen atoms in total. The highest BCUT2D eigenvalue weighted by Crippen LogP contribution is 2.29. The average Bonchev–Trinajstić information content (AvgIpc) is 3.19. The monoisotopic (exact) mass is 328 g/mol. The summed E-state index contributed by atoms with van der Waals surface area (Å²) in [4.78, 5) is 8.41. The Kier molecular flexibility index (Phi) is 4.03. The van der Waals surface area contributed by atoms with Crippen LogP contribution in [0.4, 0.5) is 0 Å². The molecule has 1 N–H and O–H groups in total. The molecule has 0 unspecified atom stereocenters. The van der Waals surface area contributed by atoms with Crippen LogP contribution in [0.1, 0.15) is 5.69 Å². The van der Waals surface area contributed by atoms with E-state index in [-0.39, 0.29) is 0 Å². The fourth-order valence-electron chi connectivity index (χ4n) is 3.04. The zero-order chi connectivity index (χ0) is 15.6. The molecule has 0 spiro atoms. The number of nitrogens with zero attached hydrogens (tertiary/aromatic N) is 3.